The predicted molar refractivity (Wildman–Crippen MR) is 79.5 cm³/mol. The van der Waals surface area contributed by atoms with Gasteiger partial charge in [-0.1, -0.05) is 40.0 Å². The lowest BCUT2D eigenvalue weighted by molar-refractivity contribution is 0.0885. The van der Waals surface area contributed by atoms with Gasteiger partial charge in [-0.2, -0.15) is 0 Å². The van der Waals surface area contributed by atoms with Crippen LogP contribution in [0.3, 0.4) is 0 Å². The highest BCUT2D eigenvalue weighted by Crippen LogP contribution is 2.45. The second-order valence-corrected chi connectivity index (χ2v) is 7.43. The fourth-order valence-corrected chi connectivity index (χ4v) is 4.39. The van der Waals surface area contributed by atoms with Crippen molar-refractivity contribution in [2.75, 3.05) is 0 Å². The Morgan fingerprint density at radius 3 is 2.22 bits per heavy atom. The zero-order valence-corrected chi connectivity index (χ0v) is 12.8. The molecule has 2 saturated carbocycles. The van der Waals surface area contributed by atoms with Crippen molar-refractivity contribution >= 4 is 0 Å². The number of hydrogen-bond donors (Lipinski definition) is 1. The molecule has 0 spiro atoms. The van der Waals surface area contributed by atoms with Crippen molar-refractivity contribution in [2.45, 2.75) is 84.1 Å². The van der Waals surface area contributed by atoms with Gasteiger partial charge in [0.25, 0.3) is 0 Å². The molecular weight excluding hydrogens is 218 g/mol. The third-order valence-electron chi connectivity index (χ3n) is 6.14. The zero-order chi connectivity index (χ0) is 13.2. The van der Waals surface area contributed by atoms with E-state index in [1.54, 1.807) is 0 Å². The molecule has 1 heteroatoms. The molecule has 2 fully saturated rings. The molecule has 3 unspecified atom stereocenters. The second kappa shape index (κ2) is 5.94. The quantitative estimate of drug-likeness (QED) is 0.770. The highest BCUT2D eigenvalue weighted by atomic mass is 14.8. The lowest BCUT2D eigenvalue weighted by Gasteiger charge is -2.47. The minimum atomic E-state index is 0.193. The van der Waals surface area contributed by atoms with Crippen LogP contribution in [0.25, 0.3) is 0 Å². The first-order chi connectivity index (χ1) is 8.55. The normalized spacial score (nSPS) is 46.0. The van der Waals surface area contributed by atoms with Gasteiger partial charge in [-0.05, 0) is 62.2 Å². The van der Waals surface area contributed by atoms with E-state index in [9.17, 15) is 0 Å². The summed E-state index contributed by atoms with van der Waals surface area (Å²) in [6.45, 7) is 7.17. The third-order valence-corrected chi connectivity index (χ3v) is 6.14. The van der Waals surface area contributed by atoms with Gasteiger partial charge in [0.15, 0.2) is 0 Å². The van der Waals surface area contributed by atoms with E-state index in [4.69, 9.17) is 5.73 Å². The Balaban J connectivity index is 1.89. The standard InChI is InChI=1S/C17H33N/c1-4-5-15-8-10-17(18,11-9-15)16-7-6-13(2)14(3)12-16/h13-16H,4-12,18H2,1-3H3. The maximum absolute atomic E-state index is 6.80. The number of rotatable bonds is 3. The maximum Gasteiger partial charge on any atom is 0.0183 e. The predicted octanol–water partition coefficient (Wildman–Crippen LogP) is 4.75. The molecule has 0 bridgehead atoms. The lowest BCUT2D eigenvalue weighted by atomic mass is 9.62. The van der Waals surface area contributed by atoms with Gasteiger partial charge in [0.05, 0.1) is 0 Å². The Kier molecular flexibility index (Phi) is 4.75. The summed E-state index contributed by atoms with van der Waals surface area (Å²) >= 11 is 0. The van der Waals surface area contributed by atoms with E-state index in [2.05, 4.69) is 20.8 Å². The Morgan fingerprint density at radius 1 is 1.00 bits per heavy atom. The van der Waals surface area contributed by atoms with Crippen molar-refractivity contribution in [3.63, 3.8) is 0 Å². The molecule has 0 aromatic heterocycles. The van der Waals surface area contributed by atoms with Crippen LogP contribution in [0.1, 0.15) is 78.6 Å². The van der Waals surface area contributed by atoms with Crippen LogP contribution in [0, 0.1) is 23.7 Å². The highest BCUT2D eigenvalue weighted by molar-refractivity contribution is 4.97. The van der Waals surface area contributed by atoms with E-state index in [0.717, 1.165) is 23.7 Å². The van der Waals surface area contributed by atoms with Crippen LogP contribution in [0.4, 0.5) is 0 Å². The smallest absolute Gasteiger partial charge is 0.0183 e. The molecule has 0 saturated heterocycles. The van der Waals surface area contributed by atoms with Gasteiger partial charge in [-0.25, -0.2) is 0 Å². The molecule has 2 aliphatic rings. The summed E-state index contributed by atoms with van der Waals surface area (Å²) in [6.07, 6.45) is 12.3. The molecule has 106 valence electrons. The van der Waals surface area contributed by atoms with E-state index >= 15 is 0 Å². The average Bonchev–Trinajstić information content (AvgIpc) is 2.36. The van der Waals surface area contributed by atoms with Crippen LogP contribution < -0.4 is 5.73 Å². The van der Waals surface area contributed by atoms with E-state index in [0.29, 0.717) is 0 Å². The molecule has 2 aliphatic carbocycles. The number of hydrogen-bond acceptors (Lipinski definition) is 1. The van der Waals surface area contributed by atoms with Gasteiger partial charge in [0, 0.05) is 5.54 Å². The van der Waals surface area contributed by atoms with Crippen molar-refractivity contribution in [1.82, 2.24) is 0 Å². The molecule has 1 nitrogen and oxygen atoms in total. The molecule has 0 aromatic carbocycles. The van der Waals surface area contributed by atoms with Crippen molar-refractivity contribution in [2.24, 2.45) is 29.4 Å². The molecule has 0 heterocycles. The van der Waals surface area contributed by atoms with Crippen LogP contribution in [0.15, 0.2) is 0 Å². The molecule has 0 aliphatic heterocycles. The molecule has 2 N–H and O–H groups in total. The van der Waals surface area contributed by atoms with Gasteiger partial charge in [0.2, 0.25) is 0 Å². The number of nitrogens with two attached hydrogens (primary N) is 1. The SMILES string of the molecule is CCCC1CCC(N)(C2CCC(C)C(C)C2)CC1. The Labute approximate surface area is 114 Å². The minimum Gasteiger partial charge on any atom is -0.325 e. The Morgan fingerprint density at radius 2 is 1.67 bits per heavy atom. The topological polar surface area (TPSA) is 26.0 Å². The molecule has 0 aromatic rings. The third kappa shape index (κ3) is 3.10. The van der Waals surface area contributed by atoms with Crippen molar-refractivity contribution in [1.29, 1.82) is 0 Å². The first kappa shape index (κ1) is 14.4. The first-order valence-corrected chi connectivity index (χ1v) is 8.34. The second-order valence-electron chi connectivity index (χ2n) is 7.43. The minimum absolute atomic E-state index is 0.193. The summed E-state index contributed by atoms with van der Waals surface area (Å²) in [5.74, 6) is 3.59. The van der Waals surface area contributed by atoms with E-state index in [-0.39, 0.29) is 5.54 Å². The average molecular weight is 251 g/mol. The van der Waals surface area contributed by atoms with E-state index < -0.39 is 0 Å². The summed E-state index contributed by atoms with van der Waals surface area (Å²) in [5, 5.41) is 0. The Hall–Kier alpha value is -0.0400. The monoisotopic (exact) mass is 251 g/mol. The first-order valence-electron chi connectivity index (χ1n) is 8.34. The van der Waals surface area contributed by atoms with Gasteiger partial charge in [-0.15, -0.1) is 0 Å². The fraction of sp³-hybridized carbons (Fsp3) is 1.00. The van der Waals surface area contributed by atoms with Crippen LogP contribution in [0.2, 0.25) is 0 Å². The maximum atomic E-state index is 6.80. The van der Waals surface area contributed by atoms with Crippen LogP contribution in [0.5, 0.6) is 0 Å². The molecule has 0 amide bonds. The van der Waals surface area contributed by atoms with Crippen LogP contribution in [-0.2, 0) is 0 Å². The van der Waals surface area contributed by atoms with Gasteiger partial charge in [0.1, 0.15) is 0 Å². The molecule has 3 atom stereocenters. The van der Waals surface area contributed by atoms with Crippen molar-refractivity contribution < 1.29 is 0 Å². The largest absolute Gasteiger partial charge is 0.325 e. The zero-order valence-electron chi connectivity index (χ0n) is 12.8. The molecular formula is C17H33N. The van der Waals surface area contributed by atoms with Crippen LogP contribution >= 0.6 is 0 Å². The van der Waals surface area contributed by atoms with Crippen molar-refractivity contribution in [3.8, 4) is 0 Å². The van der Waals surface area contributed by atoms with Gasteiger partial charge >= 0.3 is 0 Å². The molecule has 0 radical (unpaired) electrons. The summed E-state index contributed by atoms with van der Waals surface area (Å²) in [6, 6.07) is 0. The fourth-order valence-electron chi connectivity index (χ4n) is 4.39. The van der Waals surface area contributed by atoms with Crippen molar-refractivity contribution in [3.05, 3.63) is 0 Å². The van der Waals surface area contributed by atoms with E-state index in [1.807, 2.05) is 0 Å². The van der Waals surface area contributed by atoms with E-state index in [1.165, 1.54) is 57.8 Å². The Bertz CT molecular complexity index is 252. The van der Waals surface area contributed by atoms with Gasteiger partial charge in [-0.3, -0.25) is 0 Å². The summed E-state index contributed by atoms with van der Waals surface area (Å²) in [5.41, 5.74) is 6.99. The molecule has 2 rings (SSSR count). The lowest BCUT2D eigenvalue weighted by Crippen LogP contribution is -2.51. The summed E-state index contributed by atoms with van der Waals surface area (Å²) in [7, 11) is 0. The molecule has 18 heavy (non-hydrogen) atoms. The summed E-state index contributed by atoms with van der Waals surface area (Å²) < 4.78 is 0. The summed E-state index contributed by atoms with van der Waals surface area (Å²) in [4.78, 5) is 0. The van der Waals surface area contributed by atoms with Gasteiger partial charge < -0.3 is 5.73 Å². The van der Waals surface area contributed by atoms with Crippen LogP contribution in [-0.4, -0.2) is 5.54 Å². The highest BCUT2D eigenvalue weighted by Gasteiger charge is 2.40.